The van der Waals surface area contributed by atoms with E-state index in [2.05, 4.69) is 9.64 Å². The summed E-state index contributed by atoms with van der Waals surface area (Å²) < 4.78 is 4.64. The molecule has 1 amide bonds. The second kappa shape index (κ2) is 9.49. The van der Waals surface area contributed by atoms with Crippen molar-refractivity contribution in [3.8, 4) is 16.9 Å². The van der Waals surface area contributed by atoms with Crippen LogP contribution in [0, 0.1) is 5.92 Å². The smallest absolute Gasteiger partial charge is 0.449 e. The topological polar surface area (TPSA) is 66.8 Å². The quantitative estimate of drug-likeness (QED) is 0.410. The van der Waals surface area contributed by atoms with Crippen molar-refractivity contribution in [3.63, 3.8) is 0 Å². The molecule has 0 spiro atoms. The molecule has 5 nitrogen and oxygen atoms in total. The maximum atomic E-state index is 13.0. The predicted molar refractivity (Wildman–Crippen MR) is 121 cm³/mol. The van der Waals surface area contributed by atoms with Gasteiger partial charge in [0.2, 0.25) is 5.91 Å². The van der Waals surface area contributed by atoms with Gasteiger partial charge in [0, 0.05) is 28.5 Å². The summed E-state index contributed by atoms with van der Waals surface area (Å²) in [5.74, 6) is 0.402. The maximum Gasteiger partial charge on any atom is 0.511 e. The number of carbonyl (C=O) groups is 2. The molecule has 1 aliphatic carbocycles. The summed E-state index contributed by atoms with van der Waals surface area (Å²) in [6, 6.07) is 10.7. The summed E-state index contributed by atoms with van der Waals surface area (Å²) in [5.41, 5.74) is 2.47. The summed E-state index contributed by atoms with van der Waals surface area (Å²) in [7, 11) is 0. The van der Waals surface area contributed by atoms with Gasteiger partial charge in [-0.25, -0.2) is 4.79 Å². The Hall–Kier alpha value is -2.24. The number of likely N-dealkylation sites (tertiary alicyclic amines) is 1. The summed E-state index contributed by atoms with van der Waals surface area (Å²) in [6.45, 7) is 0.826. The average Bonchev–Trinajstić information content (AvgIpc) is 3.11. The van der Waals surface area contributed by atoms with E-state index in [0.29, 0.717) is 22.5 Å². The molecule has 1 unspecified atom stereocenters. The molecule has 0 aromatic heterocycles. The third kappa shape index (κ3) is 4.99. The van der Waals surface area contributed by atoms with E-state index in [9.17, 15) is 9.59 Å². The Morgan fingerprint density at radius 3 is 2.26 bits per heavy atom. The Morgan fingerprint density at radius 1 is 1.00 bits per heavy atom. The first-order valence-corrected chi connectivity index (χ1v) is 11.5. The number of benzene rings is 2. The first-order chi connectivity index (χ1) is 14.9. The number of hydrogen-bond acceptors (Lipinski definition) is 3. The Bertz CT molecular complexity index is 947. The SMILES string of the molecule is O=C(O)Oc1ccc(-c2cc(Cl)c(CC3CCN(C4CCCCC4)C3=O)c(Cl)c2)cc1. The van der Waals surface area contributed by atoms with Crippen molar-refractivity contribution in [3.05, 3.63) is 52.0 Å². The molecule has 164 valence electrons. The van der Waals surface area contributed by atoms with Crippen molar-refractivity contribution in [1.29, 1.82) is 0 Å². The summed E-state index contributed by atoms with van der Waals surface area (Å²) >= 11 is 13.2. The summed E-state index contributed by atoms with van der Waals surface area (Å²) in [6.07, 6.45) is 5.96. The Kier molecular flexibility index (Phi) is 6.73. The second-order valence-electron chi connectivity index (χ2n) is 8.32. The lowest BCUT2D eigenvalue weighted by Crippen LogP contribution is -2.39. The van der Waals surface area contributed by atoms with Gasteiger partial charge in [-0.2, -0.15) is 0 Å². The number of ether oxygens (including phenoxy) is 1. The molecule has 1 saturated heterocycles. The van der Waals surface area contributed by atoms with E-state index in [4.69, 9.17) is 28.3 Å². The van der Waals surface area contributed by atoms with Gasteiger partial charge in [-0.1, -0.05) is 54.6 Å². The molecule has 7 heteroatoms. The number of halogens is 2. The summed E-state index contributed by atoms with van der Waals surface area (Å²) in [4.78, 5) is 25.7. The molecule has 2 aromatic rings. The van der Waals surface area contributed by atoms with Crippen molar-refractivity contribution < 1.29 is 19.4 Å². The van der Waals surface area contributed by atoms with E-state index in [1.165, 1.54) is 19.3 Å². The van der Waals surface area contributed by atoms with Gasteiger partial charge in [-0.15, -0.1) is 0 Å². The molecular formula is C24H25Cl2NO4. The van der Waals surface area contributed by atoms with Gasteiger partial charge in [0.25, 0.3) is 0 Å². The van der Waals surface area contributed by atoms with Crippen molar-refractivity contribution in [2.45, 2.75) is 51.0 Å². The Morgan fingerprint density at radius 2 is 1.65 bits per heavy atom. The largest absolute Gasteiger partial charge is 0.511 e. The highest BCUT2D eigenvalue weighted by Gasteiger charge is 2.36. The minimum absolute atomic E-state index is 0.0739. The zero-order valence-corrected chi connectivity index (χ0v) is 18.7. The van der Waals surface area contributed by atoms with Gasteiger partial charge >= 0.3 is 6.16 Å². The van der Waals surface area contributed by atoms with Crippen LogP contribution < -0.4 is 4.74 Å². The third-order valence-electron chi connectivity index (χ3n) is 6.35. The molecule has 2 fully saturated rings. The minimum atomic E-state index is -1.35. The Balaban J connectivity index is 1.47. The fourth-order valence-corrected chi connectivity index (χ4v) is 5.38. The standard InChI is InChI=1S/C24H25Cl2NO4/c25-21-13-17(15-6-8-19(9-7-15)31-24(29)30)14-22(26)20(21)12-16-10-11-27(23(16)28)18-4-2-1-3-5-18/h6-9,13-14,16,18H,1-5,10-12H2,(H,29,30). The molecule has 1 N–H and O–H groups in total. The average molecular weight is 462 g/mol. The monoisotopic (exact) mass is 461 g/mol. The highest BCUT2D eigenvalue weighted by Crippen LogP contribution is 2.37. The lowest BCUT2D eigenvalue weighted by molar-refractivity contribution is -0.133. The van der Waals surface area contributed by atoms with Crippen LogP contribution in [-0.2, 0) is 11.2 Å². The van der Waals surface area contributed by atoms with E-state index in [1.54, 1.807) is 24.3 Å². The van der Waals surface area contributed by atoms with Crippen LogP contribution in [0.5, 0.6) is 5.75 Å². The molecule has 1 heterocycles. The molecule has 31 heavy (non-hydrogen) atoms. The highest BCUT2D eigenvalue weighted by molar-refractivity contribution is 6.36. The van der Waals surface area contributed by atoms with Gasteiger partial charge in [-0.3, -0.25) is 4.79 Å². The van der Waals surface area contributed by atoms with Crippen LogP contribution in [0.15, 0.2) is 36.4 Å². The first-order valence-electron chi connectivity index (χ1n) is 10.7. The van der Waals surface area contributed by atoms with E-state index >= 15 is 0 Å². The van der Waals surface area contributed by atoms with Gasteiger partial charge in [0.05, 0.1) is 0 Å². The van der Waals surface area contributed by atoms with Crippen molar-refractivity contribution in [1.82, 2.24) is 4.90 Å². The van der Waals surface area contributed by atoms with Crippen LogP contribution in [0.1, 0.15) is 44.1 Å². The highest BCUT2D eigenvalue weighted by atomic mass is 35.5. The van der Waals surface area contributed by atoms with Crippen LogP contribution in [0.2, 0.25) is 10.0 Å². The number of carboxylic acid groups (broad SMARTS) is 1. The molecular weight excluding hydrogens is 437 g/mol. The molecule has 0 bridgehead atoms. The zero-order valence-electron chi connectivity index (χ0n) is 17.2. The van der Waals surface area contributed by atoms with Crippen LogP contribution in [0.3, 0.4) is 0 Å². The Labute approximate surface area is 191 Å². The molecule has 0 radical (unpaired) electrons. The second-order valence-corrected chi connectivity index (χ2v) is 9.14. The van der Waals surface area contributed by atoms with E-state index in [1.807, 2.05) is 12.1 Å². The van der Waals surface area contributed by atoms with Crippen molar-refractivity contribution >= 4 is 35.3 Å². The normalized spacial score (nSPS) is 19.6. The number of amides is 1. The molecule has 1 aliphatic heterocycles. The maximum absolute atomic E-state index is 13.0. The lowest BCUT2D eigenvalue weighted by atomic mass is 9.93. The van der Waals surface area contributed by atoms with Crippen molar-refractivity contribution in [2.24, 2.45) is 5.92 Å². The third-order valence-corrected chi connectivity index (χ3v) is 7.03. The number of nitrogens with zero attached hydrogens (tertiary/aromatic N) is 1. The number of rotatable bonds is 5. The van der Waals surface area contributed by atoms with Crippen LogP contribution >= 0.6 is 23.2 Å². The lowest BCUT2D eigenvalue weighted by Gasteiger charge is -2.31. The molecule has 1 atom stereocenters. The first kappa shape index (κ1) is 22.0. The van der Waals surface area contributed by atoms with Gasteiger partial charge in [0.15, 0.2) is 0 Å². The van der Waals surface area contributed by atoms with E-state index in [-0.39, 0.29) is 17.6 Å². The minimum Gasteiger partial charge on any atom is -0.449 e. The van der Waals surface area contributed by atoms with Crippen LogP contribution in [-0.4, -0.2) is 34.7 Å². The molecule has 4 rings (SSSR count). The van der Waals surface area contributed by atoms with E-state index in [0.717, 1.165) is 42.5 Å². The fraction of sp³-hybridized carbons (Fsp3) is 0.417. The molecule has 2 aromatic carbocycles. The van der Waals surface area contributed by atoms with E-state index < -0.39 is 6.16 Å². The predicted octanol–water partition coefficient (Wildman–Crippen LogP) is 6.44. The van der Waals surface area contributed by atoms with Gasteiger partial charge in [0.1, 0.15) is 5.75 Å². The van der Waals surface area contributed by atoms with Gasteiger partial charge < -0.3 is 14.7 Å². The van der Waals surface area contributed by atoms with Crippen LogP contribution in [0.4, 0.5) is 4.79 Å². The molecule has 1 saturated carbocycles. The summed E-state index contributed by atoms with van der Waals surface area (Å²) in [5, 5.41) is 9.78. The fourth-order valence-electron chi connectivity index (χ4n) is 4.74. The number of carbonyl (C=O) groups excluding carboxylic acids is 1. The van der Waals surface area contributed by atoms with Crippen molar-refractivity contribution in [2.75, 3.05) is 6.54 Å². The number of hydrogen-bond donors (Lipinski definition) is 1. The zero-order chi connectivity index (χ0) is 22.0. The van der Waals surface area contributed by atoms with Crippen LogP contribution in [0.25, 0.3) is 11.1 Å². The molecule has 2 aliphatic rings. The van der Waals surface area contributed by atoms with Gasteiger partial charge in [-0.05, 0) is 66.6 Å².